The lowest BCUT2D eigenvalue weighted by atomic mass is 9.85. The fourth-order valence-corrected chi connectivity index (χ4v) is 2.81. The predicted octanol–water partition coefficient (Wildman–Crippen LogP) is 2.82. The van der Waals surface area contributed by atoms with E-state index in [1.807, 2.05) is 24.3 Å². The number of hydrogen-bond donors (Lipinski definition) is 2. The summed E-state index contributed by atoms with van der Waals surface area (Å²) in [6.07, 6.45) is 1.52. The van der Waals surface area contributed by atoms with E-state index in [4.69, 9.17) is 0 Å². The lowest BCUT2D eigenvalue weighted by Crippen LogP contribution is -2.35. The van der Waals surface area contributed by atoms with Gasteiger partial charge in [-0.2, -0.15) is 0 Å². The van der Waals surface area contributed by atoms with Gasteiger partial charge in [0.05, 0.1) is 12.1 Å². The van der Waals surface area contributed by atoms with Crippen LogP contribution in [0.15, 0.2) is 54.6 Å². The molecule has 98 valence electrons. The van der Waals surface area contributed by atoms with E-state index in [-0.39, 0.29) is 12.1 Å². The van der Waals surface area contributed by atoms with Crippen molar-refractivity contribution < 1.29 is 5.11 Å². The average Bonchev–Trinajstić information content (AvgIpc) is 2.47. The largest absolute Gasteiger partial charge is 0.391 e. The highest BCUT2D eigenvalue weighted by molar-refractivity contribution is 5.33. The second-order valence-corrected chi connectivity index (χ2v) is 5.15. The second kappa shape index (κ2) is 5.55. The van der Waals surface area contributed by atoms with Gasteiger partial charge < -0.3 is 10.4 Å². The van der Waals surface area contributed by atoms with Crippen molar-refractivity contribution in [1.29, 1.82) is 0 Å². The quantitative estimate of drug-likeness (QED) is 0.881. The Balaban J connectivity index is 1.77. The molecule has 2 nitrogen and oxygen atoms in total. The minimum atomic E-state index is -0.293. The standard InChI is InChI=1S/C17H19NO/c19-16-11-10-14-8-4-5-9-15(14)17(16)18-12-13-6-2-1-3-7-13/h1-9,16-19H,10-12H2. The molecule has 1 aliphatic carbocycles. The molecule has 0 aromatic heterocycles. The third kappa shape index (κ3) is 2.70. The molecule has 0 spiro atoms. The molecule has 0 bridgehead atoms. The summed E-state index contributed by atoms with van der Waals surface area (Å²) in [5, 5.41) is 13.7. The van der Waals surface area contributed by atoms with Gasteiger partial charge >= 0.3 is 0 Å². The maximum absolute atomic E-state index is 10.2. The molecular formula is C17H19NO. The third-order valence-corrected chi connectivity index (χ3v) is 3.85. The first kappa shape index (κ1) is 12.4. The summed E-state index contributed by atoms with van der Waals surface area (Å²) in [6, 6.07) is 18.8. The SMILES string of the molecule is OC1CCc2ccccc2C1NCc1ccccc1. The number of aryl methyl sites for hydroxylation is 1. The van der Waals surface area contributed by atoms with E-state index in [9.17, 15) is 5.11 Å². The molecule has 3 rings (SSSR count). The first-order valence-electron chi connectivity index (χ1n) is 6.88. The van der Waals surface area contributed by atoms with E-state index in [2.05, 4.69) is 35.6 Å². The van der Waals surface area contributed by atoms with Crippen LogP contribution in [0.4, 0.5) is 0 Å². The van der Waals surface area contributed by atoms with Crippen molar-refractivity contribution in [2.75, 3.05) is 0 Å². The minimum absolute atomic E-state index is 0.0464. The number of nitrogens with one attached hydrogen (secondary N) is 1. The Labute approximate surface area is 114 Å². The van der Waals surface area contributed by atoms with E-state index in [1.165, 1.54) is 16.7 Å². The molecule has 2 N–H and O–H groups in total. The molecule has 0 fully saturated rings. The summed E-state index contributed by atoms with van der Waals surface area (Å²) in [6.45, 7) is 0.789. The highest BCUT2D eigenvalue weighted by Gasteiger charge is 2.27. The predicted molar refractivity (Wildman–Crippen MR) is 76.8 cm³/mol. The molecule has 2 atom stereocenters. The molecule has 0 radical (unpaired) electrons. The molecule has 0 saturated carbocycles. The van der Waals surface area contributed by atoms with Gasteiger partial charge in [0.15, 0.2) is 0 Å². The molecule has 0 saturated heterocycles. The zero-order valence-electron chi connectivity index (χ0n) is 10.9. The van der Waals surface area contributed by atoms with Crippen molar-refractivity contribution >= 4 is 0 Å². The van der Waals surface area contributed by atoms with Crippen molar-refractivity contribution in [1.82, 2.24) is 5.32 Å². The zero-order valence-corrected chi connectivity index (χ0v) is 10.9. The summed E-state index contributed by atoms with van der Waals surface area (Å²) in [7, 11) is 0. The van der Waals surface area contributed by atoms with Crippen LogP contribution in [-0.2, 0) is 13.0 Å². The molecule has 19 heavy (non-hydrogen) atoms. The number of rotatable bonds is 3. The Morgan fingerprint density at radius 2 is 1.74 bits per heavy atom. The first-order chi connectivity index (χ1) is 9.34. The fraction of sp³-hybridized carbons (Fsp3) is 0.294. The Bertz CT molecular complexity index is 538. The number of fused-ring (bicyclic) bond motifs is 1. The summed E-state index contributed by atoms with van der Waals surface area (Å²) < 4.78 is 0. The van der Waals surface area contributed by atoms with Gasteiger partial charge in [0.25, 0.3) is 0 Å². The number of benzene rings is 2. The molecule has 2 aromatic carbocycles. The number of aliphatic hydroxyl groups excluding tert-OH is 1. The summed E-state index contributed by atoms with van der Waals surface area (Å²) in [5.74, 6) is 0. The van der Waals surface area contributed by atoms with Crippen molar-refractivity contribution in [2.24, 2.45) is 0 Å². The van der Waals surface area contributed by atoms with Crippen molar-refractivity contribution in [3.63, 3.8) is 0 Å². The molecule has 0 amide bonds. The number of hydrogen-bond acceptors (Lipinski definition) is 2. The van der Waals surface area contributed by atoms with Crippen LogP contribution in [0.3, 0.4) is 0 Å². The van der Waals surface area contributed by atoms with Gasteiger partial charge in [-0.25, -0.2) is 0 Å². The minimum Gasteiger partial charge on any atom is -0.391 e. The van der Waals surface area contributed by atoms with Crippen molar-refractivity contribution in [2.45, 2.75) is 31.5 Å². The van der Waals surface area contributed by atoms with Crippen LogP contribution < -0.4 is 5.32 Å². The maximum Gasteiger partial charge on any atom is 0.0738 e. The van der Waals surface area contributed by atoms with E-state index >= 15 is 0 Å². The second-order valence-electron chi connectivity index (χ2n) is 5.15. The highest BCUT2D eigenvalue weighted by Crippen LogP contribution is 2.30. The monoisotopic (exact) mass is 253 g/mol. The Hall–Kier alpha value is -1.64. The van der Waals surface area contributed by atoms with E-state index in [1.54, 1.807) is 0 Å². The Morgan fingerprint density at radius 3 is 2.58 bits per heavy atom. The van der Waals surface area contributed by atoms with E-state index < -0.39 is 0 Å². The highest BCUT2D eigenvalue weighted by atomic mass is 16.3. The fourth-order valence-electron chi connectivity index (χ4n) is 2.81. The Kier molecular flexibility index (Phi) is 3.62. The summed E-state index contributed by atoms with van der Waals surface area (Å²) in [5.41, 5.74) is 3.85. The molecule has 2 unspecified atom stereocenters. The topological polar surface area (TPSA) is 32.3 Å². The van der Waals surface area contributed by atoms with Gasteiger partial charge in [-0.3, -0.25) is 0 Å². The average molecular weight is 253 g/mol. The van der Waals surface area contributed by atoms with Gasteiger partial charge in [-0.15, -0.1) is 0 Å². The summed E-state index contributed by atoms with van der Waals surface area (Å²) >= 11 is 0. The van der Waals surface area contributed by atoms with E-state index in [0.29, 0.717) is 0 Å². The van der Waals surface area contributed by atoms with Crippen LogP contribution in [0.25, 0.3) is 0 Å². The van der Waals surface area contributed by atoms with Crippen molar-refractivity contribution in [3.8, 4) is 0 Å². The molecule has 2 aromatic rings. The van der Waals surface area contributed by atoms with Crippen LogP contribution in [0.1, 0.15) is 29.2 Å². The van der Waals surface area contributed by atoms with Crippen LogP contribution in [0.2, 0.25) is 0 Å². The van der Waals surface area contributed by atoms with Crippen molar-refractivity contribution in [3.05, 3.63) is 71.3 Å². The zero-order chi connectivity index (χ0) is 13.1. The third-order valence-electron chi connectivity index (χ3n) is 3.85. The normalized spacial score (nSPS) is 21.9. The van der Waals surface area contributed by atoms with E-state index in [0.717, 1.165) is 19.4 Å². The Morgan fingerprint density at radius 1 is 1.00 bits per heavy atom. The molecule has 1 aliphatic rings. The molecule has 2 heteroatoms. The lowest BCUT2D eigenvalue weighted by Gasteiger charge is -2.31. The molecule has 0 aliphatic heterocycles. The van der Waals surface area contributed by atoms with Gasteiger partial charge in [-0.05, 0) is 29.5 Å². The van der Waals surface area contributed by atoms with Gasteiger partial charge in [0.1, 0.15) is 0 Å². The van der Waals surface area contributed by atoms with Gasteiger partial charge in [0, 0.05) is 6.54 Å². The first-order valence-corrected chi connectivity index (χ1v) is 6.88. The van der Waals surface area contributed by atoms with Gasteiger partial charge in [-0.1, -0.05) is 54.6 Å². The van der Waals surface area contributed by atoms with Gasteiger partial charge in [0.2, 0.25) is 0 Å². The summed E-state index contributed by atoms with van der Waals surface area (Å²) in [4.78, 5) is 0. The van der Waals surface area contributed by atoms with Crippen LogP contribution in [-0.4, -0.2) is 11.2 Å². The molecule has 0 heterocycles. The van der Waals surface area contributed by atoms with Crippen LogP contribution >= 0.6 is 0 Å². The van der Waals surface area contributed by atoms with Crippen LogP contribution in [0, 0.1) is 0 Å². The smallest absolute Gasteiger partial charge is 0.0738 e. The van der Waals surface area contributed by atoms with Crippen LogP contribution in [0.5, 0.6) is 0 Å². The lowest BCUT2D eigenvalue weighted by molar-refractivity contribution is 0.110. The molecular weight excluding hydrogens is 234 g/mol. The number of aliphatic hydroxyl groups is 1. The maximum atomic E-state index is 10.2.